The largest absolute Gasteiger partial charge is 0.453 e. The number of aromatic amines is 1. The molecule has 2 aromatic heterocycles. The number of nitrogens with one attached hydrogen (secondary N) is 2. The van der Waals surface area contributed by atoms with Crippen LogP contribution in [0, 0.1) is 17.8 Å². The average Bonchev–Trinajstić information content (AvgIpc) is 3.56. The first-order chi connectivity index (χ1) is 15.9. The monoisotopic (exact) mass is 484 g/mol. The molecule has 2 atom stereocenters. The molecule has 3 rings (SSSR count). The number of aromatic nitrogens is 2. The van der Waals surface area contributed by atoms with Gasteiger partial charge in [0.25, 0.3) is 0 Å². The van der Waals surface area contributed by atoms with Gasteiger partial charge in [-0.15, -0.1) is 11.3 Å². The number of nitrogens with zero attached hydrogens (tertiary/aromatic N) is 2. The number of thiol groups is 1. The molecular weight excluding hydrogens is 456 g/mol. The highest BCUT2D eigenvalue weighted by Crippen LogP contribution is 2.34. The predicted molar refractivity (Wildman–Crippen MR) is 134 cm³/mol. The smallest absolute Gasteiger partial charge is 0.407 e. The van der Waals surface area contributed by atoms with Crippen molar-refractivity contribution in [3.8, 4) is 22.4 Å². The van der Waals surface area contributed by atoms with Crippen molar-refractivity contribution >= 4 is 36.0 Å². The predicted octanol–water partition coefficient (Wildman–Crippen LogP) is 4.53. The van der Waals surface area contributed by atoms with Gasteiger partial charge in [0, 0.05) is 6.54 Å². The summed E-state index contributed by atoms with van der Waals surface area (Å²) in [6, 6.07) is 3.18. The van der Waals surface area contributed by atoms with Crippen LogP contribution in [-0.2, 0) is 9.53 Å². The Labute approximate surface area is 203 Å². The van der Waals surface area contributed by atoms with E-state index < -0.39 is 12.1 Å². The molecule has 7 nitrogen and oxygen atoms in total. The van der Waals surface area contributed by atoms with Gasteiger partial charge in [-0.3, -0.25) is 4.79 Å². The maximum Gasteiger partial charge on any atom is 0.407 e. The van der Waals surface area contributed by atoms with E-state index >= 15 is 0 Å². The summed E-state index contributed by atoms with van der Waals surface area (Å²) >= 11 is 5.57. The van der Waals surface area contributed by atoms with E-state index in [9.17, 15) is 9.59 Å². The van der Waals surface area contributed by atoms with Crippen molar-refractivity contribution < 1.29 is 14.3 Å². The number of ether oxygens (including phenoxy) is 1. The molecule has 3 heterocycles. The summed E-state index contributed by atoms with van der Waals surface area (Å²) in [6.45, 7) is 4.43. The maximum absolute atomic E-state index is 13.3. The normalized spacial score (nSPS) is 16.9. The van der Waals surface area contributed by atoms with E-state index in [1.807, 2.05) is 32.1 Å². The van der Waals surface area contributed by atoms with Crippen molar-refractivity contribution in [1.29, 1.82) is 0 Å². The Morgan fingerprint density at radius 2 is 2.21 bits per heavy atom. The quantitative estimate of drug-likeness (QED) is 0.319. The molecule has 0 bridgehead atoms. The van der Waals surface area contributed by atoms with Gasteiger partial charge in [0.15, 0.2) is 0 Å². The Kier molecular flexibility index (Phi) is 8.80. The zero-order valence-electron chi connectivity index (χ0n) is 18.9. The lowest BCUT2D eigenvalue weighted by Crippen LogP contribution is -2.51. The number of methoxy groups -OCH3 is 1. The molecule has 2 aromatic rings. The number of thiophene rings is 1. The highest BCUT2D eigenvalue weighted by atomic mass is 32.1. The minimum Gasteiger partial charge on any atom is -0.453 e. The third-order valence-electron chi connectivity index (χ3n) is 5.28. The molecule has 174 valence electrons. The van der Waals surface area contributed by atoms with Crippen molar-refractivity contribution in [2.24, 2.45) is 5.92 Å². The number of allylic oxidation sites excluding steroid dienone is 3. The Morgan fingerprint density at radius 1 is 1.39 bits per heavy atom. The molecule has 1 fully saturated rings. The van der Waals surface area contributed by atoms with E-state index in [1.54, 1.807) is 40.0 Å². The van der Waals surface area contributed by atoms with Crippen LogP contribution in [0.4, 0.5) is 4.79 Å². The SMILES string of the molecule is COC(=O)NC(C(=O)N1CCC[C@H]1c1ncc(-c2ccc(C#C/C=C/C=C\S)s2)[nH]1)C(C)C. The van der Waals surface area contributed by atoms with E-state index in [-0.39, 0.29) is 17.9 Å². The number of carbonyl (C=O) groups excluding carboxylic acids is 2. The zero-order valence-corrected chi connectivity index (χ0v) is 20.6. The Morgan fingerprint density at radius 3 is 2.94 bits per heavy atom. The van der Waals surface area contributed by atoms with Crippen LogP contribution in [0.5, 0.6) is 0 Å². The highest BCUT2D eigenvalue weighted by molar-refractivity contribution is 7.83. The fraction of sp³-hybridized carbons (Fsp3) is 0.375. The van der Waals surface area contributed by atoms with Crippen LogP contribution in [0.2, 0.25) is 0 Å². The van der Waals surface area contributed by atoms with Crippen molar-refractivity contribution in [3.63, 3.8) is 0 Å². The molecule has 1 aliphatic rings. The second kappa shape index (κ2) is 11.8. The summed E-state index contributed by atoms with van der Waals surface area (Å²) in [5.74, 6) is 6.66. The van der Waals surface area contributed by atoms with Crippen molar-refractivity contribution in [3.05, 3.63) is 52.7 Å². The first-order valence-electron chi connectivity index (χ1n) is 10.7. The molecule has 1 unspecified atom stereocenters. The summed E-state index contributed by atoms with van der Waals surface area (Å²) in [5, 5.41) is 4.32. The molecule has 0 saturated carbocycles. The summed E-state index contributed by atoms with van der Waals surface area (Å²) in [4.78, 5) is 36.7. The highest BCUT2D eigenvalue weighted by Gasteiger charge is 2.37. The van der Waals surface area contributed by atoms with Gasteiger partial charge < -0.3 is 19.9 Å². The van der Waals surface area contributed by atoms with Gasteiger partial charge in [-0.25, -0.2) is 9.78 Å². The molecule has 33 heavy (non-hydrogen) atoms. The molecule has 0 spiro atoms. The summed E-state index contributed by atoms with van der Waals surface area (Å²) in [7, 11) is 1.29. The minimum absolute atomic E-state index is 0.0700. The van der Waals surface area contributed by atoms with Crippen LogP contribution in [0.3, 0.4) is 0 Å². The van der Waals surface area contributed by atoms with Crippen molar-refractivity contribution in [2.45, 2.75) is 38.8 Å². The van der Waals surface area contributed by atoms with E-state index in [0.29, 0.717) is 6.54 Å². The first kappa shape index (κ1) is 24.7. The number of rotatable bonds is 6. The molecule has 1 aliphatic heterocycles. The molecule has 2 amide bonds. The van der Waals surface area contributed by atoms with Crippen LogP contribution in [0.1, 0.15) is 43.4 Å². The summed E-state index contributed by atoms with van der Waals surface area (Å²) in [5.41, 5.74) is 0.893. The molecule has 0 radical (unpaired) electrons. The van der Waals surface area contributed by atoms with Crippen molar-refractivity contribution in [2.75, 3.05) is 13.7 Å². The topological polar surface area (TPSA) is 87.3 Å². The summed E-state index contributed by atoms with van der Waals surface area (Å²) in [6.07, 6.45) is 8.28. The molecule has 2 N–H and O–H groups in total. The molecule has 1 saturated heterocycles. The summed E-state index contributed by atoms with van der Waals surface area (Å²) < 4.78 is 4.69. The second-order valence-electron chi connectivity index (χ2n) is 7.86. The fourth-order valence-corrected chi connectivity index (χ4v) is 4.57. The number of hydrogen-bond acceptors (Lipinski definition) is 6. The van der Waals surface area contributed by atoms with Gasteiger partial charge in [-0.2, -0.15) is 12.6 Å². The van der Waals surface area contributed by atoms with Gasteiger partial charge in [0.2, 0.25) is 5.91 Å². The van der Waals surface area contributed by atoms with E-state index in [1.165, 1.54) is 7.11 Å². The van der Waals surface area contributed by atoms with Crippen LogP contribution in [0.25, 0.3) is 10.6 Å². The number of alkyl carbamates (subject to hydrolysis) is 1. The lowest BCUT2D eigenvalue weighted by molar-refractivity contribution is -0.135. The number of amides is 2. The Hall–Kier alpha value is -2.96. The van der Waals surface area contributed by atoms with Crippen LogP contribution >= 0.6 is 24.0 Å². The number of H-pyrrole nitrogens is 1. The fourth-order valence-electron chi connectivity index (χ4n) is 3.64. The van der Waals surface area contributed by atoms with Gasteiger partial charge >= 0.3 is 6.09 Å². The lowest BCUT2D eigenvalue weighted by Gasteiger charge is -2.30. The minimum atomic E-state index is -0.650. The van der Waals surface area contributed by atoms with Gasteiger partial charge in [0.1, 0.15) is 11.9 Å². The van der Waals surface area contributed by atoms with Gasteiger partial charge in [-0.1, -0.05) is 37.8 Å². The molecule has 0 aromatic carbocycles. The number of imidazole rings is 1. The van der Waals surface area contributed by atoms with Gasteiger partial charge in [0.05, 0.1) is 34.8 Å². The molecular formula is C24H28N4O3S2. The molecule has 9 heteroatoms. The number of likely N-dealkylation sites (tertiary alicyclic amines) is 1. The van der Waals surface area contributed by atoms with Gasteiger partial charge in [-0.05, 0) is 42.4 Å². The van der Waals surface area contributed by atoms with Crippen molar-refractivity contribution in [1.82, 2.24) is 20.2 Å². The third-order valence-corrected chi connectivity index (χ3v) is 6.49. The van der Waals surface area contributed by atoms with Crippen LogP contribution < -0.4 is 5.32 Å². The Balaban J connectivity index is 1.74. The number of carbonyl (C=O) groups is 2. The van der Waals surface area contributed by atoms with E-state index in [0.717, 1.165) is 34.1 Å². The third kappa shape index (κ3) is 6.30. The van der Waals surface area contributed by atoms with E-state index in [2.05, 4.69) is 39.8 Å². The number of hydrogen-bond donors (Lipinski definition) is 3. The van der Waals surface area contributed by atoms with E-state index in [4.69, 9.17) is 4.74 Å². The lowest BCUT2D eigenvalue weighted by atomic mass is 10.0. The second-order valence-corrected chi connectivity index (χ2v) is 9.25. The van der Waals surface area contributed by atoms with Crippen LogP contribution in [-0.4, -0.2) is 46.6 Å². The molecule has 0 aliphatic carbocycles. The zero-order chi connectivity index (χ0) is 23.8. The maximum atomic E-state index is 13.3. The standard InChI is InChI=1S/C24H28N4O3S2/c1-16(2)21(27-24(30)31-3)23(29)28-13-8-10-19(28)22-25-15-18(26-22)20-12-11-17(33-20)9-6-4-5-7-14-32/h4-5,7,11-12,14-16,19,21,32H,8,10,13H2,1-3H3,(H,25,26)(H,27,30)/b5-4+,14-7-/t19-,21?/m0/s1. The first-order valence-corrected chi connectivity index (χ1v) is 12.1. The Bertz CT molecular complexity index is 1090. The average molecular weight is 485 g/mol. The van der Waals surface area contributed by atoms with Crippen LogP contribution in [0.15, 0.2) is 42.0 Å².